The molecule has 5 heteroatoms. The van der Waals surface area contributed by atoms with Crippen molar-refractivity contribution < 1.29 is 4.92 Å². The standard InChI is InChI=1S/C12H16N2O2S/c1-2-9-3-4-10(7-12(9)14(15)16)13-11-5-6-17-8-11/h3-4,7,11,13H,2,5-6,8H2,1H3. The Morgan fingerprint density at radius 1 is 1.59 bits per heavy atom. The zero-order chi connectivity index (χ0) is 12.3. The summed E-state index contributed by atoms with van der Waals surface area (Å²) in [4.78, 5) is 10.6. The van der Waals surface area contributed by atoms with Gasteiger partial charge in [-0.1, -0.05) is 13.0 Å². The zero-order valence-electron chi connectivity index (χ0n) is 9.81. The molecule has 0 aromatic heterocycles. The lowest BCUT2D eigenvalue weighted by Crippen LogP contribution is -2.18. The second-order valence-electron chi connectivity index (χ2n) is 4.16. The number of hydrogen-bond donors (Lipinski definition) is 1. The molecule has 0 bridgehead atoms. The number of nitrogens with one attached hydrogen (secondary N) is 1. The van der Waals surface area contributed by atoms with E-state index in [1.807, 2.05) is 30.8 Å². The summed E-state index contributed by atoms with van der Waals surface area (Å²) in [5.74, 6) is 2.26. The third-order valence-electron chi connectivity index (χ3n) is 2.96. The van der Waals surface area contributed by atoms with Crippen molar-refractivity contribution in [1.82, 2.24) is 0 Å². The van der Waals surface area contributed by atoms with Gasteiger partial charge < -0.3 is 5.32 Å². The molecule has 17 heavy (non-hydrogen) atoms. The number of thioether (sulfide) groups is 1. The molecule has 4 nitrogen and oxygen atoms in total. The predicted molar refractivity (Wildman–Crippen MR) is 71.8 cm³/mol. The van der Waals surface area contributed by atoms with E-state index in [1.54, 1.807) is 6.07 Å². The molecule has 1 unspecified atom stereocenters. The van der Waals surface area contributed by atoms with Gasteiger partial charge in [0.05, 0.1) is 4.92 Å². The van der Waals surface area contributed by atoms with Crippen LogP contribution in [-0.2, 0) is 6.42 Å². The van der Waals surface area contributed by atoms with Gasteiger partial charge in [0, 0.05) is 29.1 Å². The molecule has 0 radical (unpaired) electrons. The van der Waals surface area contributed by atoms with Crippen molar-refractivity contribution in [3.05, 3.63) is 33.9 Å². The van der Waals surface area contributed by atoms with Crippen LogP contribution in [0.15, 0.2) is 18.2 Å². The highest BCUT2D eigenvalue weighted by Gasteiger charge is 2.17. The number of nitro benzene ring substituents is 1. The van der Waals surface area contributed by atoms with E-state index in [2.05, 4.69) is 5.32 Å². The maximum Gasteiger partial charge on any atom is 0.274 e. The third kappa shape index (κ3) is 2.91. The summed E-state index contributed by atoms with van der Waals surface area (Å²) in [6.45, 7) is 1.93. The van der Waals surface area contributed by atoms with Gasteiger partial charge in [-0.15, -0.1) is 0 Å². The maximum atomic E-state index is 10.9. The summed E-state index contributed by atoms with van der Waals surface area (Å²) >= 11 is 1.92. The smallest absolute Gasteiger partial charge is 0.274 e. The molecule has 2 rings (SSSR count). The molecular formula is C12H16N2O2S. The van der Waals surface area contributed by atoms with E-state index in [4.69, 9.17) is 0 Å². The highest BCUT2D eigenvalue weighted by Crippen LogP contribution is 2.26. The number of anilines is 1. The largest absolute Gasteiger partial charge is 0.381 e. The molecule has 92 valence electrons. The van der Waals surface area contributed by atoms with Crippen LogP contribution in [0.1, 0.15) is 18.9 Å². The summed E-state index contributed by atoms with van der Waals surface area (Å²) in [6.07, 6.45) is 1.82. The van der Waals surface area contributed by atoms with E-state index >= 15 is 0 Å². The lowest BCUT2D eigenvalue weighted by Gasteiger charge is -2.13. The minimum atomic E-state index is -0.298. The monoisotopic (exact) mass is 252 g/mol. The molecule has 1 heterocycles. The van der Waals surface area contributed by atoms with Crippen molar-refractivity contribution in [1.29, 1.82) is 0 Å². The van der Waals surface area contributed by atoms with Crippen LogP contribution < -0.4 is 5.32 Å². The summed E-state index contributed by atoms with van der Waals surface area (Å²) in [7, 11) is 0. The van der Waals surface area contributed by atoms with Crippen LogP contribution in [0.4, 0.5) is 11.4 Å². The van der Waals surface area contributed by atoms with Gasteiger partial charge >= 0.3 is 0 Å². The van der Waals surface area contributed by atoms with Gasteiger partial charge in [0.2, 0.25) is 0 Å². The number of aryl methyl sites for hydroxylation is 1. The number of nitrogens with zero attached hydrogens (tertiary/aromatic N) is 1. The molecule has 0 saturated carbocycles. The Bertz CT molecular complexity index is 417. The summed E-state index contributed by atoms with van der Waals surface area (Å²) in [5.41, 5.74) is 1.88. The zero-order valence-corrected chi connectivity index (χ0v) is 10.6. The Morgan fingerprint density at radius 2 is 2.41 bits per heavy atom. The van der Waals surface area contributed by atoms with E-state index in [1.165, 1.54) is 5.75 Å². The molecule has 0 spiro atoms. The molecule has 1 aliphatic rings. The van der Waals surface area contributed by atoms with Gasteiger partial charge in [0.25, 0.3) is 5.69 Å². The van der Waals surface area contributed by atoms with E-state index in [9.17, 15) is 10.1 Å². The topological polar surface area (TPSA) is 55.2 Å². The van der Waals surface area contributed by atoms with Gasteiger partial charge in [-0.3, -0.25) is 10.1 Å². The number of benzene rings is 1. The Labute approximate surface area is 105 Å². The fraction of sp³-hybridized carbons (Fsp3) is 0.500. The summed E-state index contributed by atoms with van der Waals surface area (Å²) in [6, 6.07) is 5.89. The average Bonchev–Trinajstić information content (AvgIpc) is 2.81. The average molecular weight is 252 g/mol. The molecule has 1 aliphatic heterocycles. The van der Waals surface area contributed by atoms with Crippen molar-refractivity contribution >= 4 is 23.1 Å². The lowest BCUT2D eigenvalue weighted by molar-refractivity contribution is -0.385. The van der Waals surface area contributed by atoms with Gasteiger partial charge in [-0.25, -0.2) is 0 Å². The number of hydrogen-bond acceptors (Lipinski definition) is 4. The van der Waals surface area contributed by atoms with Crippen LogP contribution in [-0.4, -0.2) is 22.5 Å². The van der Waals surface area contributed by atoms with E-state index in [0.717, 1.165) is 23.4 Å². The van der Waals surface area contributed by atoms with Gasteiger partial charge in [0.1, 0.15) is 0 Å². The molecule has 0 aliphatic carbocycles. The highest BCUT2D eigenvalue weighted by molar-refractivity contribution is 7.99. The van der Waals surface area contributed by atoms with Gasteiger partial charge in [-0.2, -0.15) is 11.8 Å². The van der Waals surface area contributed by atoms with Crippen LogP contribution in [0, 0.1) is 10.1 Å². The van der Waals surface area contributed by atoms with Gasteiger partial charge in [0.15, 0.2) is 0 Å². The summed E-state index contributed by atoms with van der Waals surface area (Å²) in [5, 5.41) is 14.3. The first-order valence-corrected chi connectivity index (χ1v) is 6.97. The van der Waals surface area contributed by atoms with Crippen LogP contribution in [0.3, 0.4) is 0 Å². The predicted octanol–water partition coefficient (Wildman–Crippen LogP) is 3.07. The van der Waals surface area contributed by atoms with Crippen molar-refractivity contribution in [2.75, 3.05) is 16.8 Å². The van der Waals surface area contributed by atoms with Crippen molar-refractivity contribution in [3.8, 4) is 0 Å². The highest BCUT2D eigenvalue weighted by atomic mass is 32.2. The van der Waals surface area contributed by atoms with E-state index in [0.29, 0.717) is 12.5 Å². The molecule has 1 aromatic rings. The second kappa shape index (κ2) is 5.40. The van der Waals surface area contributed by atoms with Crippen LogP contribution in [0.2, 0.25) is 0 Å². The Balaban J connectivity index is 2.17. The Kier molecular flexibility index (Phi) is 3.89. The fourth-order valence-corrected chi connectivity index (χ4v) is 3.16. The normalized spacial score (nSPS) is 19.2. The maximum absolute atomic E-state index is 10.9. The summed E-state index contributed by atoms with van der Waals surface area (Å²) < 4.78 is 0. The van der Waals surface area contributed by atoms with Crippen molar-refractivity contribution in [2.45, 2.75) is 25.8 Å². The molecule has 1 aromatic carbocycles. The fourth-order valence-electron chi connectivity index (χ4n) is 2.01. The first kappa shape index (κ1) is 12.2. The first-order chi connectivity index (χ1) is 8.20. The van der Waals surface area contributed by atoms with Crippen LogP contribution >= 0.6 is 11.8 Å². The Morgan fingerprint density at radius 3 is 3.00 bits per heavy atom. The van der Waals surface area contributed by atoms with Gasteiger partial charge in [-0.05, 0) is 24.7 Å². The van der Waals surface area contributed by atoms with Crippen molar-refractivity contribution in [2.24, 2.45) is 0 Å². The molecular weight excluding hydrogens is 236 g/mol. The molecule has 0 amide bonds. The molecule has 1 fully saturated rings. The number of rotatable bonds is 4. The first-order valence-electron chi connectivity index (χ1n) is 5.82. The number of nitro groups is 1. The van der Waals surface area contributed by atoms with Crippen LogP contribution in [0.5, 0.6) is 0 Å². The minimum Gasteiger partial charge on any atom is -0.381 e. The van der Waals surface area contributed by atoms with E-state index in [-0.39, 0.29) is 10.6 Å². The SMILES string of the molecule is CCc1ccc(NC2CCSC2)cc1[N+](=O)[O-]. The van der Waals surface area contributed by atoms with Crippen molar-refractivity contribution in [3.63, 3.8) is 0 Å². The Hall–Kier alpha value is -1.23. The molecule has 1 atom stereocenters. The lowest BCUT2D eigenvalue weighted by atomic mass is 10.1. The van der Waals surface area contributed by atoms with Crippen LogP contribution in [0.25, 0.3) is 0 Å². The minimum absolute atomic E-state index is 0.225. The third-order valence-corrected chi connectivity index (χ3v) is 4.13. The molecule has 1 N–H and O–H groups in total. The van der Waals surface area contributed by atoms with E-state index < -0.39 is 0 Å². The second-order valence-corrected chi connectivity index (χ2v) is 5.31. The molecule has 1 saturated heterocycles. The quantitative estimate of drug-likeness (QED) is 0.661.